The van der Waals surface area contributed by atoms with E-state index >= 15 is 0 Å². The molecule has 1 aliphatic rings. The molecule has 1 saturated carbocycles. The minimum atomic E-state index is -0.122. The summed E-state index contributed by atoms with van der Waals surface area (Å²) in [7, 11) is 1.45. The van der Waals surface area contributed by atoms with Crippen LogP contribution in [-0.4, -0.2) is 29.3 Å². The molecule has 6 heteroatoms. The average molecular weight is 267 g/mol. The van der Waals surface area contributed by atoms with Crippen LogP contribution in [0.3, 0.4) is 0 Å². The molecule has 1 aromatic heterocycles. The highest BCUT2D eigenvalue weighted by Crippen LogP contribution is 2.24. The van der Waals surface area contributed by atoms with Crippen molar-refractivity contribution in [1.29, 1.82) is 0 Å². The van der Waals surface area contributed by atoms with Gasteiger partial charge in [0.15, 0.2) is 5.82 Å². The Hall–Kier alpha value is -1.43. The van der Waals surface area contributed by atoms with Gasteiger partial charge in [0.2, 0.25) is 5.89 Å². The smallest absolute Gasteiger partial charge is 0.310 e. The second-order valence-electron chi connectivity index (χ2n) is 4.98. The third kappa shape index (κ3) is 3.76. The normalized spacial score (nSPS) is 23.9. The van der Waals surface area contributed by atoms with E-state index in [1.165, 1.54) is 13.5 Å². The lowest BCUT2D eigenvalue weighted by Crippen LogP contribution is -2.39. The number of aromatic nitrogens is 2. The van der Waals surface area contributed by atoms with E-state index < -0.39 is 0 Å². The number of ether oxygens (including phenoxy) is 1. The van der Waals surface area contributed by atoms with Crippen molar-refractivity contribution in [3.05, 3.63) is 11.7 Å². The van der Waals surface area contributed by atoms with E-state index in [1.807, 2.05) is 0 Å². The van der Waals surface area contributed by atoms with Crippen molar-refractivity contribution in [1.82, 2.24) is 15.5 Å². The van der Waals surface area contributed by atoms with Gasteiger partial charge in [0.25, 0.3) is 0 Å². The maximum atomic E-state index is 11.8. The Morgan fingerprint density at radius 1 is 1.42 bits per heavy atom. The molecule has 0 spiro atoms. The molecule has 1 fully saturated rings. The van der Waals surface area contributed by atoms with Gasteiger partial charge < -0.3 is 14.6 Å². The summed E-state index contributed by atoms with van der Waals surface area (Å²) < 4.78 is 9.83. The highest BCUT2D eigenvalue weighted by molar-refractivity contribution is 5.73. The summed E-state index contributed by atoms with van der Waals surface area (Å²) >= 11 is 0. The fourth-order valence-corrected chi connectivity index (χ4v) is 2.62. The largest absolute Gasteiger partial charge is 0.469 e. The van der Waals surface area contributed by atoms with E-state index in [1.54, 1.807) is 6.92 Å². The number of rotatable bonds is 4. The minimum Gasteiger partial charge on any atom is -0.469 e. The number of carbonyl (C=O) groups excluding carboxylic acids is 1. The van der Waals surface area contributed by atoms with E-state index in [0.29, 0.717) is 18.3 Å². The standard InChI is InChI=1S/C13H21N3O3/c1-9-15-12(16-19-9)8-14-11-7-5-3-4-6-10(11)13(17)18-2/h10-11,14H,3-8H2,1-2H3/t10-,11-/m1/s1. The molecule has 1 heterocycles. The summed E-state index contributed by atoms with van der Waals surface area (Å²) in [5, 5.41) is 7.22. The number of aryl methyl sites for hydroxylation is 1. The van der Waals surface area contributed by atoms with E-state index in [0.717, 1.165) is 25.7 Å². The molecule has 0 aromatic carbocycles. The molecule has 2 rings (SSSR count). The molecule has 1 aromatic rings. The first kappa shape index (κ1) is 14.0. The summed E-state index contributed by atoms with van der Waals surface area (Å²) in [6.07, 6.45) is 5.26. The average Bonchev–Trinajstić information content (AvgIpc) is 2.69. The Balaban J connectivity index is 1.95. The van der Waals surface area contributed by atoms with Gasteiger partial charge in [-0.25, -0.2) is 0 Å². The SMILES string of the molecule is COC(=O)[C@@H]1CCCCC[C@H]1NCc1noc(C)n1. The molecule has 6 nitrogen and oxygen atoms in total. The van der Waals surface area contributed by atoms with Crippen molar-refractivity contribution in [3.63, 3.8) is 0 Å². The van der Waals surface area contributed by atoms with Gasteiger partial charge >= 0.3 is 5.97 Å². The van der Waals surface area contributed by atoms with Crippen LogP contribution in [-0.2, 0) is 16.1 Å². The zero-order chi connectivity index (χ0) is 13.7. The molecule has 0 saturated heterocycles. The Bertz CT molecular complexity index is 419. The summed E-state index contributed by atoms with van der Waals surface area (Å²) in [6.45, 7) is 2.29. The van der Waals surface area contributed by atoms with Crippen LogP contribution in [0.4, 0.5) is 0 Å². The number of esters is 1. The molecule has 0 aliphatic heterocycles. The third-order valence-corrected chi connectivity index (χ3v) is 3.61. The Morgan fingerprint density at radius 2 is 2.21 bits per heavy atom. The number of nitrogens with zero attached hydrogens (tertiary/aromatic N) is 2. The van der Waals surface area contributed by atoms with E-state index in [-0.39, 0.29) is 17.9 Å². The van der Waals surface area contributed by atoms with Crippen LogP contribution in [0.1, 0.15) is 43.8 Å². The zero-order valence-electron chi connectivity index (χ0n) is 11.5. The third-order valence-electron chi connectivity index (χ3n) is 3.61. The predicted molar refractivity (Wildman–Crippen MR) is 68.3 cm³/mol. The van der Waals surface area contributed by atoms with Gasteiger partial charge in [0, 0.05) is 13.0 Å². The lowest BCUT2D eigenvalue weighted by atomic mass is 9.95. The molecule has 0 bridgehead atoms. The van der Waals surface area contributed by atoms with E-state index in [2.05, 4.69) is 15.5 Å². The quantitative estimate of drug-likeness (QED) is 0.659. The molecule has 0 amide bonds. The Labute approximate surface area is 112 Å². The lowest BCUT2D eigenvalue weighted by molar-refractivity contribution is -0.146. The first-order valence-corrected chi connectivity index (χ1v) is 6.81. The second kappa shape index (κ2) is 6.65. The van der Waals surface area contributed by atoms with Gasteiger partial charge in [-0.2, -0.15) is 4.98 Å². The fraction of sp³-hybridized carbons (Fsp3) is 0.769. The first-order chi connectivity index (χ1) is 9.20. The monoisotopic (exact) mass is 267 g/mol. The van der Waals surface area contributed by atoms with E-state index in [4.69, 9.17) is 9.26 Å². The van der Waals surface area contributed by atoms with Crippen LogP contribution >= 0.6 is 0 Å². The van der Waals surface area contributed by atoms with Crippen molar-refractivity contribution in [3.8, 4) is 0 Å². The van der Waals surface area contributed by atoms with Crippen molar-refractivity contribution in [2.45, 2.75) is 51.6 Å². The zero-order valence-corrected chi connectivity index (χ0v) is 11.5. The molecule has 1 N–H and O–H groups in total. The highest BCUT2D eigenvalue weighted by atomic mass is 16.5. The van der Waals surface area contributed by atoms with Crippen molar-refractivity contribution >= 4 is 5.97 Å². The van der Waals surface area contributed by atoms with Crippen LogP contribution in [0.2, 0.25) is 0 Å². The molecular formula is C13H21N3O3. The highest BCUT2D eigenvalue weighted by Gasteiger charge is 2.30. The van der Waals surface area contributed by atoms with Gasteiger partial charge in [-0.05, 0) is 12.8 Å². The summed E-state index contributed by atoms with van der Waals surface area (Å²) in [5.74, 6) is 0.997. The van der Waals surface area contributed by atoms with Gasteiger partial charge in [-0.3, -0.25) is 4.79 Å². The topological polar surface area (TPSA) is 77.2 Å². The molecule has 2 atom stereocenters. The first-order valence-electron chi connectivity index (χ1n) is 6.81. The number of nitrogens with one attached hydrogen (secondary N) is 1. The van der Waals surface area contributed by atoms with Gasteiger partial charge in [-0.1, -0.05) is 24.4 Å². The van der Waals surface area contributed by atoms with Crippen LogP contribution in [0.5, 0.6) is 0 Å². The van der Waals surface area contributed by atoms with Crippen molar-refractivity contribution in [2.24, 2.45) is 5.92 Å². The molecule has 19 heavy (non-hydrogen) atoms. The predicted octanol–water partition coefficient (Wildman–Crippen LogP) is 1.59. The Kier molecular flexibility index (Phi) is 4.90. The molecule has 0 radical (unpaired) electrons. The maximum Gasteiger partial charge on any atom is 0.310 e. The molecule has 0 unspecified atom stereocenters. The van der Waals surface area contributed by atoms with Crippen molar-refractivity contribution < 1.29 is 14.1 Å². The van der Waals surface area contributed by atoms with Crippen LogP contribution in [0.25, 0.3) is 0 Å². The number of methoxy groups -OCH3 is 1. The minimum absolute atomic E-state index is 0.0690. The maximum absolute atomic E-state index is 11.8. The number of hydrogen-bond acceptors (Lipinski definition) is 6. The van der Waals surface area contributed by atoms with Gasteiger partial charge in [0.1, 0.15) is 0 Å². The lowest BCUT2D eigenvalue weighted by Gasteiger charge is -2.23. The van der Waals surface area contributed by atoms with Crippen LogP contribution in [0.15, 0.2) is 4.52 Å². The number of carbonyl (C=O) groups is 1. The number of hydrogen-bond donors (Lipinski definition) is 1. The summed E-state index contributed by atoms with van der Waals surface area (Å²) in [4.78, 5) is 16.0. The molecule has 1 aliphatic carbocycles. The van der Waals surface area contributed by atoms with Crippen LogP contribution in [0, 0.1) is 12.8 Å². The second-order valence-corrected chi connectivity index (χ2v) is 4.98. The van der Waals surface area contributed by atoms with Gasteiger partial charge in [0.05, 0.1) is 19.6 Å². The Morgan fingerprint density at radius 3 is 2.89 bits per heavy atom. The van der Waals surface area contributed by atoms with Crippen LogP contribution < -0.4 is 5.32 Å². The molecule has 106 valence electrons. The summed E-state index contributed by atoms with van der Waals surface area (Å²) in [6, 6.07) is 0.133. The van der Waals surface area contributed by atoms with E-state index in [9.17, 15) is 4.79 Å². The molecular weight excluding hydrogens is 246 g/mol. The summed E-state index contributed by atoms with van der Waals surface area (Å²) in [5.41, 5.74) is 0. The van der Waals surface area contributed by atoms with Crippen molar-refractivity contribution in [2.75, 3.05) is 7.11 Å². The van der Waals surface area contributed by atoms with Gasteiger partial charge in [-0.15, -0.1) is 0 Å². The fourth-order valence-electron chi connectivity index (χ4n) is 2.62.